The van der Waals surface area contributed by atoms with Gasteiger partial charge in [-0.2, -0.15) is 0 Å². The van der Waals surface area contributed by atoms with E-state index in [-0.39, 0.29) is 36.4 Å². The minimum absolute atomic E-state index is 0. The molecule has 0 aromatic heterocycles. The third-order valence-corrected chi connectivity index (χ3v) is 5.90. The normalized spacial score (nSPS) is 22.4. The van der Waals surface area contributed by atoms with Crippen molar-refractivity contribution in [3.05, 3.63) is 29.8 Å². The monoisotopic (exact) mass is 530 g/mol. The lowest BCUT2D eigenvalue weighted by Crippen LogP contribution is -2.47. The number of hydrogen-bond acceptors (Lipinski definition) is 4. The van der Waals surface area contributed by atoms with Gasteiger partial charge in [-0.05, 0) is 48.8 Å². The average molecular weight is 530 g/mol. The van der Waals surface area contributed by atoms with E-state index in [0.717, 1.165) is 23.1 Å². The minimum atomic E-state index is -0.00482. The third-order valence-electron chi connectivity index (χ3n) is 5.90. The first-order valence-corrected chi connectivity index (χ1v) is 10.5. The van der Waals surface area contributed by atoms with E-state index in [2.05, 4.69) is 15.6 Å². The number of ether oxygens (including phenoxy) is 2. The van der Waals surface area contributed by atoms with Crippen LogP contribution in [0.4, 0.5) is 0 Å². The summed E-state index contributed by atoms with van der Waals surface area (Å²) in [6.07, 6.45) is 5.20. The highest BCUT2D eigenvalue weighted by atomic mass is 127. The first-order chi connectivity index (χ1) is 14.0. The number of rotatable bonds is 9. The van der Waals surface area contributed by atoms with E-state index in [0.29, 0.717) is 31.8 Å². The molecule has 1 aromatic rings. The molecule has 0 spiro atoms. The molecule has 2 fully saturated rings. The van der Waals surface area contributed by atoms with Crippen molar-refractivity contribution in [1.82, 2.24) is 15.5 Å². The molecule has 2 aliphatic rings. The van der Waals surface area contributed by atoms with Crippen LogP contribution in [0.15, 0.2) is 29.3 Å². The van der Waals surface area contributed by atoms with Gasteiger partial charge in [0.2, 0.25) is 5.91 Å². The van der Waals surface area contributed by atoms with Gasteiger partial charge < -0.3 is 25.0 Å². The van der Waals surface area contributed by atoms with E-state index in [9.17, 15) is 4.79 Å². The molecular formula is C22H35IN4O3. The maximum atomic E-state index is 11.9. The summed E-state index contributed by atoms with van der Waals surface area (Å²) in [6, 6.07) is 8.34. The van der Waals surface area contributed by atoms with Gasteiger partial charge in [0, 0.05) is 26.7 Å². The maximum absolute atomic E-state index is 11.9. The number of guanidine groups is 1. The average Bonchev–Trinajstić information content (AvgIpc) is 3.34. The topological polar surface area (TPSA) is 75.2 Å². The fourth-order valence-electron chi connectivity index (χ4n) is 4.19. The van der Waals surface area contributed by atoms with Crippen LogP contribution >= 0.6 is 24.0 Å². The molecule has 0 aliphatic heterocycles. The molecule has 8 heteroatoms. The van der Waals surface area contributed by atoms with Crippen LogP contribution in [0.3, 0.4) is 0 Å². The van der Waals surface area contributed by atoms with Gasteiger partial charge in [0.05, 0.1) is 20.3 Å². The second-order valence-electron chi connectivity index (χ2n) is 8.21. The van der Waals surface area contributed by atoms with Crippen molar-refractivity contribution >= 4 is 35.8 Å². The molecule has 2 bridgehead atoms. The number of carbonyl (C=O) groups excluding carboxylic acids is 1. The highest BCUT2D eigenvalue weighted by molar-refractivity contribution is 14.0. The lowest BCUT2D eigenvalue weighted by Gasteiger charge is -2.25. The Morgan fingerprint density at radius 1 is 1.20 bits per heavy atom. The SMILES string of the molecule is COc1ccc(COCCNC(=NCC(=O)N(C)C)NC2CC3CCC2C3)cc1.I. The number of fused-ring (bicyclic) bond motifs is 2. The number of aliphatic imine (C=N–C) groups is 1. The van der Waals surface area contributed by atoms with Gasteiger partial charge in [0.1, 0.15) is 12.3 Å². The quantitative estimate of drug-likeness (QED) is 0.222. The second kappa shape index (κ2) is 12.3. The number of carbonyl (C=O) groups is 1. The van der Waals surface area contributed by atoms with Crippen molar-refractivity contribution in [3.63, 3.8) is 0 Å². The molecule has 30 heavy (non-hydrogen) atoms. The third kappa shape index (κ3) is 7.30. The Hall–Kier alpha value is -1.55. The first-order valence-electron chi connectivity index (χ1n) is 10.5. The van der Waals surface area contributed by atoms with Gasteiger partial charge in [-0.1, -0.05) is 18.6 Å². The van der Waals surface area contributed by atoms with Gasteiger partial charge in [0.25, 0.3) is 0 Å². The van der Waals surface area contributed by atoms with Crippen molar-refractivity contribution in [3.8, 4) is 5.75 Å². The van der Waals surface area contributed by atoms with Crippen LogP contribution in [0.1, 0.15) is 31.2 Å². The molecule has 1 aromatic carbocycles. The summed E-state index contributed by atoms with van der Waals surface area (Å²) in [6.45, 7) is 1.90. The summed E-state index contributed by atoms with van der Waals surface area (Å²) in [7, 11) is 5.16. The van der Waals surface area contributed by atoms with E-state index in [1.54, 1.807) is 26.1 Å². The van der Waals surface area contributed by atoms with Crippen molar-refractivity contribution in [2.45, 2.75) is 38.3 Å². The van der Waals surface area contributed by atoms with Crippen LogP contribution in [0.2, 0.25) is 0 Å². The summed E-state index contributed by atoms with van der Waals surface area (Å²) < 4.78 is 10.9. The molecule has 2 N–H and O–H groups in total. The van der Waals surface area contributed by atoms with Gasteiger partial charge in [-0.15, -0.1) is 24.0 Å². The standard InChI is InChI=1S/C22H34N4O3.HI/c1-26(2)21(27)14-24-22(25-20-13-17-4-7-18(20)12-17)23-10-11-29-15-16-5-8-19(28-3)9-6-16;/h5-6,8-9,17-18,20H,4,7,10-15H2,1-3H3,(H2,23,24,25);1H. The smallest absolute Gasteiger partial charge is 0.243 e. The predicted molar refractivity (Wildman–Crippen MR) is 129 cm³/mol. The number of methoxy groups -OCH3 is 1. The molecule has 3 rings (SSSR count). The molecule has 0 radical (unpaired) electrons. The van der Waals surface area contributed by atoms with Crippen LogP contribution in [0, 0.1) is 11.8 Å². The van der Waals surface area contributed by atoms with Crippen LogP contribution in [0.5, 0.6) is 5.75 Å². The van der Waals surface area contributed by atoms with Crippen molar-refractivity contribution in [1.29, 1.82) is 0 Å². The zero-order valence-corrected chi connectivity index (χ0v) is 20.6. The molecule has 3 atom stereocenters. The highest BCUT2D eigenvalue weighted by Crippen LogP contribution is 2.44. The molecule has 168 valence electrons. The van der Waals surface area contributed by atoms with Crippen molar-refractivity contribution in [2.24, 2.45) is 16.8 Å². The molecular weight excluding hydrogens is 495 g/mol. The molecule has 0 saturated heterocycles. The van der Waals surface area contributed by atoms with Crippen LogP contribution < -0.4 is 15.4 Å². The molecule has 2 saturated carbocycles. The lowest BCUT2D eigenvalue weighted by atomic mass is 9.95. The number of halogens is 1. The Morgan fingerprint density at radius 2 is 1.97 bits per heavy atom. The van der Waals surface area contributed by atoms with Crippen molar-refractivity contribution < 1.29 is 14.3 Å². The van der Waals surface area contributed by atoms with E-state index >= 15 is 0 Å². The highest BCUT2D eigenvalue weighted by Gasteiger charge is 2.39. The predicted octanol–water partition coefficient (Wildman–Crippen LogP) is 2.64. The van der Waals surface area contributed by atoms with E-state index < -0.39 is 0 Å². The van der Waals surface area contributed by atoms with Crippen molar-refractivity contribution in [2.75, 3.05) is 40.9 Å². The summed E-state index contributed by atoms with van der Waals surface area (Å²) in [5.74, 6) is 3.15. The fourth-order valence-corrected chi connectivity index (χ4v) is 4.19. The molecule has 1 amide bonds. The van der Waals surface area contributed by atoms with Gasteiger partial charge in [-0.3, -0.25) is 4.79 Å². The zero-order valence-electron chi connectivity index (χ0n) is 18.2. The second-order valence-corrected chi connectivity index (χ2v) is 8.21. The Kier molecular flexibility index (Phi) is 10.2. The van der Waals surface area contributed by atoms with E-state index in [1.807, 2.05) is 24.3 Å². The largest absolute Gasteiger partial charge is 0.497 e. The Morgan fingerprint density at radius 3 is 2.57 bits per heavy atom. The number of amides is 1. The number of nitrogens with one attached hydrogen (secondary N) is 2. The molecule has 0 heterocycles. The van der Waals surface area contributed by atoms with Gasteiger partial charge in [0.15, 0.2) is 5.96 Å². The van der Waals surface area contributed by atoms with Crippen LogP contribution in [-0.2, 0) is 16.1 Å². The van der Waals surface area contributed by atoms with Crippen LogP contribution in [-0.4, -0.2) is 63.7 Å². The molecule has 3 unspecified atom stereocenters. The Balaban J connectivity index is 0.00000320. The number of hydrogen-bond donors (Lipinski definition) is 2. The Labute approximate surface area is 197 Å². The van der Waals surface area contributed by atoms with Crippen LogP contribution in [0.25, 0.3) is 0 Å². The van der Waals surface area contributed by atoms with Gasteiger partial charge in [-0.25, -0.2) is 4.99 Å². The Bertz CT molecular complexity index is 696. The number of likely N-dealkylation sites (N-methyl/N-ethyl adjacent to an activating group) is 1. The summed E-state index contributed by atoms with van der Waals surface area (Å²) in [4.78, 5) is 18.0. The number of benzene rings is 1. The lowest BCUT2D eigenvalue weighted by molar-refractivity contribution is -0.127. The maximum Gasteiger partial charge on any atom is 0.243 e. The van der Waals surface area contributed by atoms with E-state index in [4.69, 9.17) is 9.47 Å². The first kappa shape index (κ1) is 24.7. The molecule has 7 nitrogen and oxygen atoms in total. The summed E-state index contributed by atoms with van der Waals surface area (Å²) >= 11 is 0. The molecule has 2 aliphatic carbocycles. The fraction of sp³-hybridized carbons (Fsp3) is 0.636. The summed E-state index contributed by atoms with van der Waals surface area (Å²) in [5.41, 5.74) is 1.11. The minimum Gasteiger partial charge on any atom is -0.497 e. The summed E-state index contributed by atoms with van der Waals surface area (Å²) in [5, 5.41) is 6.89. The number of nitrogens with zero attached hydrogens (tertiary/aromatic N) is 2. The van der Waals surface area contributed by atoms with Gasteiger partial charge >= 0.3 is 0 Å². The van der Waals surface area contributed by atoms with E-state index in [1.165, 1.54) is 25.7 Å². The zero-order chi connectivity index (χ0) is 20.6.